The van der Waals surface area contributed by atoms with Crippen LogP contribution in [0.5, 0.6) is 17.2 Å². The van der Waals surface area contributed by atoms with Gasteiger partial charge in [0.2, 0.25) is 0 Å². The Hall–Kier alpha value is -2.20. The molecule has 0 saturated heterocycles. The zero-order valence-electron chi connectivity index (χ0n) is 11.1. The molecule has 20 heavy (non-hydrogen) atoms. The molecule has 1 aliphatic rings. The molecule has 2 N–H and O–H groups in total. The molecule has 0 fully saturated rings. The summed E-state index contributed by atoms with van der Waals surface area (Å²) in [6, 6.07) is 12.3. The van der Waals surface area contributed by atoms with E-state index in [1.54, 1.807) is 25.3 Å². The molecule has 3 rings (SSSR count). The number of hydrogen-bond donors (Lipinski definition) is 2. The third kappa shape index (κ3) is 2.30. The number of rotatable bonds is 2. The van der Waals surface area contributed by atoms with Crippen molar-refractivity contribution in [2.75, 3.05) is 7.11 Å². The van der Waals surface area contributed by atoms with Crippen LogP contribution in [0.3, 0.4) is 0 Å². The van der Waals surface area contributed by atoms with Crippen molar-refractivity contribution in [1.82, 2.24) is 0 Å². The predicted molar refractivity (Wildman–Crippen MR) is 74.2 cm³/mol. The second-order valence-corrected chi connectivity index (χ2v) is 4.88. The summed E-state index contributed by atoms with van der Waals surface area (Å²) in [6.07, 6.45) is -0.612. The SMILES string of the molecule is COc1ccc2c(c1)O[C@@H](c1cccc(O)c1)[C@@H](O)C2. The number of aliphatic hydroxyl groups excluding tert-OH is 1. The molecule has 1 heterocycles. The Morgan fingerprint density at radius 2 is 2.05 bits per heavy atom. The van der Waals surface area contributed by atoms with Crippen LogP contribution in [0, 0.1) is 0 Å². The highest BCUT2D eigenvalue weighted by Crippen LogP contribution is 2.37. The van der Waals surface area contributed by atoms with Gasteiger partial charge < -0.3 is 19.7 Å². The maximum absolute atomic E-state index is 10.2. The zero-order chi connectivity index (χ0) is 14.1. The van der Waals surface area contributed by atoms with E-state index < -0.39 is 12.2 Å². The average Bonchev–Trinajstić information content (AvgIpc) is 2.46. The van der Waals surface area contributed by atoms with Crippen LogP contribution in [0.4, 0.5) is 0 Å². The van der Waals surface area contributed by atoms with Crippen molar-refractivity contribution in [2.45, 2.75) is 18.6 Å². The number of aromatic hydroxyl groups is 1. The predicted octanol–water partition coefficient (Wildman–Crippen LogP) is 2.44. The molecule has 0 saturated carbocycles. The molecule has 0 aliphatic carbocycles. The third-order valence-corrected chi connectivity index (χ3v) is 3.51. The fourth-order valence-corrected chi connectivity index (χ4v) is 2.48. The smallest absolute Gasteiger partial charge is 0.150 e. The number of phenolic OH excluding ortho intramolecular Hbond substituents is 1. The van der Waals surface area contributed by atoms with Gasteiger partial charge in [0.25, 0.3) is 0 Å². The van der Waals surface area contributed by atoms with Crippen LogP contribution >= 0.6 is 0 Å². The lowest BCUT2D eigenvalue weighted by atomic mass is 9.94. The summed E-state index contributed by atoms with van der Waals surface area (Å²) in [7, 11) is 1.60. The second kappa shape index (κ2) is 5.06. The third-order valence-electron chi connectivity index (χ3n) is 3.51. The lowest BCUT2D eigenvalue weighted by Crippen LogP contribution is -2.30. The summed E-state index contributed by atoms with van der Waals surface area (Å²) >= 11 is 0. The maximum atomic E-state index is 10.2. The molecular weight excluding hydrogens is 256 g/mol. The van der Waals surface area contributed by atoms with E-state index in [9.17, 15) is 10.2 Å². The molecular formula is C16H16O4. The van der Waals surface area contributed by atoms with Gasteiger partial charge in [-0.25, -0.2) is 0 Å². The van der Waals surface area contributed by atoms with E-state index in [1.807, 2.05) is 24.3 Å². The zero-order valence-corrected chi connectivity index (χ0v) is 11.1. The van der Waals surface area contributed by atoms with Crippen molar-refractivity contribution in [1.29, 1.82) is 0 Å². The fourth-order valence-electron chi connectivity index (χ4n) is 2.48. The van der Waals surface area contributed by atoms with Crippen LogP contribution in [-0.2, 0) is 6.42 Å². The van der Waals surface area contributed by atoms with Crippen molar-refractivity contribution >= 4 is 0 Å². The molecule has 2 aromatic rings. The molecule has 4 nitrogen and oxygen atoms in total. The lowest BCUT2D eigenvalue weighted by molar-refractivity contribution is 0.0205. The van der Waals surface area contributed by atoms with Gasteiger partial charge in [0.05, 0.1) is 13.2 Å². The molecule has 0 amide bonds. The Morgan fingerprint density at radius 3 is 2.80 bits per heavy atom. The Labute approximate surface area is 117 Å². The number of aliphatic hydroxyl groups is 1. The van der Waals surface area contributed by atoms with Gasteiger partial charge >= 0.3 is 0 Å². The molecule has 0 unspecified atom stereocenters. The minimum atomic E-state index is -0.641. The van der Waals surface area contributed by atoms with Crippen LogP contribution in [0.2, 0.25) is 0 Å². The first-order valence-corrected chi connectivity index (χ1v) is 6.48. The average molecular weight is 272 g/mol. The minimum Gasteiger partial charge on any atom is -0.508 e. The molecule has 4 heteroatoms. The Morgan fingerprint density at radius 1 is 1.20 bits per heavy atom. The highest BCUT2D eigenvalue weighted by Gasteiger charge is 2.30. The monoisotopic (exact) mass is 272 g/mol. The van der Waals surface area contributed by atoms with Gasteiger partial charge in [-0.3, -0.25) is 0 Å². The van der Waals surface area contributed by atoms with Gasteiger partial charge in [0.1, 0.15) is 23.4 Å². The van der Waals surface area contributed by atoms with E-state index in [-0.39, 0.29) is 5.75 Å². The van der Waals surface area contributed by atoms with Gasteiger partial charge in [-0.05, 0) is 29.3 Å². The number of ether oxygens (including phenoxy) is 2. The fraction of sp³-hybridized carbons (Fsp3) is 0.250. The molecule has 104 valence electrons. The van der Waals surface area contributed by atoms with Gasteiger partial charge in [-0.1, -0.05) is 18.2 Å². The summed E-state index contributed by atoms with van der Waals surface area (Å²) in [6.45, 7) is 0. The van der Waals surface area contributed by atoms with E-state index in [1.165, 1.54) is 0 Å². The van der Waals surface area contributed by atoms with Crippen molar-refractivity contribution < 1.29 is 19.7 Å². The Balaban J connectivity index is 1.95. The number of hydrogen-bond acceptors (Lipinski definition) is 4. The van der Waals surface area contributed by atoms with E-state index >= 15 is 0 Å². The number of benzene rings is 2. The topological polar surface area (TPSA) is 58.9 Å². The molecule has 1 aliphatic heterocycles. The second-order valence-electron chi connectivity index (χ2n) is 4.88. The summed E-state index contributed by atoms with van der Waals surface area (Å²) in [4.78, 5) is 0. The molecule has 0 radical (unpaired) electrons. The first-order chi connectivity index (χ1) is 9.67. The summed E-state index contributed by atoms with van der Waals surface area (Å²) in [5.41, 5.74) is 1.71. The molecule has 0 bridgehead atoms. The molecule has 0 spiro atoms. The Bertz CT molecular complexity index is 624. The normalized spacial score (nSPS) is 20.9. The van der Waals surface area contributed by atoms with Gasteiger partial charge in [0.15, 0.2) is 0 Å². The van der Waals surface area contributed by atoms with E-state index in [4.69, 9.17) is 9.47 Å². The van der Waals surface area contributed by atoms with Crippen molar-refractivity contribution in [3.8, 4) is 17.2 Å². The summed E-state index contributed by atoms with van der Waals surface area (Å²) in [5.74, 6) is 1.59. The van der Waals surface area contributed by atoms with E-state index in [0.717, 1.165) is 16.9 Å². The number of phenols is 1. The van der Waals surface area contributed by atoms with Crippen LogP contribution in [0.15, 0.2) is 42.5 Å². The largest absolute Gasteiger partial charge is 0.508 e. The van der Waals surface area contributed by atoms with Crippen LogP contribution in [-0.4, -0.2) is 23.4 Å². The van der Waals surface area contributed by atoms with E-state index in [0.29, 0.717) is 12.2 Å². The number of methoxy groups -OCH3 is 1. The first-order valence-electron chi connectivity index (χ1n) is 6.48. The van der Waals surface area contributed by atoms with Crippen LogP contribution in [0.25, 0.3) is 0 Å². The first kappa shape index (κ1) is 12.8. The quantitative estimate of drug-likeness (QED) is 0.881. The molecule has 2 atom stereocenters. The maximum Gasteiger partial charge on any atom is 0.150 e. The Kier molecular flexibility index (Phi) is 3.24. The highest BCUT2D eigenvalue weighted by molar-refractivity contribution is 5.44. The van der Waals surface area contributed by atoms with Crippen LogP contribution in [0.1, 0.15) is 17.2 Å². The summed E-state index contributed by atoms with van der Waals surface area (Å²) in [5, 5.41) is 19.8. The van der Waals surface area contributed by atoms with E-state index in [2.05, 4.69) is 0 Å². The molecule has 0 aromatic heterocycles. The lowest BCUT2D eigenvalue weighted by Gasteiger charge is -2.31. The summed E-state index contributed by atoms with van der Waals surface area (Å²) < 4.78 is 11.1. The van der Waals surface area contributed by atoms with Crippen molar-refractivity contribution in [3.05, 3.63) is 53.6 Å². The minimum absolute atomic E-state index is 0.162. The number of fused-ring (bicyclic) bond motifs is 1. The van der Waals surface area contributed by atoms with Crippen molar-refractivity contribution in [3.63, 3.8) is 0 Å². The highest BCUT2D eigenvalue weighted by atomic mass is 16.5. The van der Waals surface area contributed by atoms with Gasteiger partial charge in [-0.2, -0.15) is 0 Å². The standard InChI is InChI=1S/C16H16O4/c1-19-13-6-5-10-8-14(18)16(20-15(10)9-13)11-3-2-4-12(17)7-11/h2-7,9,14,16-18H,8H2,1H3/t14-,16-/m0/s1. The van der Waals surface area contributed by atoms with Crippen LogP contribution < -0.4 is 9.47 Å². The van der Waals surface area contributed by atoms with Gasteiger partial charge in [0, 0.05) is 12.5 Å². The molecule has 2 aromatic carbocycles. The van der Waals surface area contributed by atoms with Gasteiger partial charge in [-0.15, -0.1) is 0 Å². The van der Waals surface area contributed by atoms with Crippen molar-refractivity contribution in [2.24, 2.45) is 0 Å².